The van der Waals surface area contributed by atoms with Crippen LogP contribution in [0.4, 0.5) is 14.5 Å². The number of hydrogen-bond donors (Lipinski definition) is 2. The Hall–Kier alpha value is -0.910. The van der Waals surface area contributed by atoms with Crippen molar-refractivity contribution < 1.29 is 19.0 Å². The molecule has 0 unspecified atom stereocenters. The number of aliphatic hydroxyl groups excluding tert-OH is 2. The number of halogens is 3. The van der Waals surface area contributed by atoms with Crippen LogP contribution in [0.1, 0.15) is 5.56 Å². The molecule has 96 valence electrons. The summed E-state index contributed by atoms with van der Waals surface area (Å²) in [5.74, 6) is 0. The lowest BCUT2D eigenvalue weighted by Gasteiger charge is -2.25. The van der Waals surface area contributed by atoms with Crippen molar-refractivity contribution in [3.8, 4) is 0 Å². The minimum atomic E-state index is -2.51. The summed E-state index contributed by atoms with van der Waals surface area (Å²) in [7, 11) is 0. The summed E-state index contributed by atoms with van der Waals surface area (Å²) in [5, 5.41) is 18.4. The first-order chi connectivity index (χ1) is 8.08. The molecule has 0 aliphatic rings. The normalized spacial score (nSPS) is 10.9. The second-order valence-electron chi connectivity index (χ2n) is 3.49. The van der Waals surface area contributed by atoms with Crippen molar-refractivity contribution in [2.24, 2.45) is 0 Å². The number of hydrogen-bond acceptors (Lipinski definition) is 3. The zero-order valence-corrected chi connectivity index (χ0v) is 9.87. The largest absolute Gasteiger partial charge is 0.395 e. The lowest BCUT2D eigenvalue weighted by Crippen LogP contribution is -2.32. The van der Waals surface area contributed by atoms with Crippen LogP contribution in [0, 0.1) is 0 Å². The maximum absolute atomic E-state index is 12.4. The summed E-state index contributed by atoms with van der Waals surface area (Å²) in [6.07, 6.45) is -2.51. The van der Waals surface area contributed by atoms with E-state index in [1.165, 1.54) is 11.0 Å². The van der Waals surface area contributed by atoms with E-state index in [0.717, 1.165) is 0 Å². The minimum Gasteiger partial charge on any atom is -0.395 e. The number of benzene rings is 1. The lowest BCUT2D eigenvalue weighted by atomic mass is 10.1. The standard InChI is InChI=1S/C11H14ClF2NO2/c12-9-1-2-10(8(5-9)7-17)15(3-4-16)6-11(13)14/h1-2,5,11,16-17H,3-4,6-7H2. The molecule has 0 bridgehead atoms. The Morgan fingerprint density at radius 1 is 1.29 bits per heavy atom. The van der Waals surface area contributed by atoms with Gasteiger partial charge in [0.25, 0.3) is 6.43 Å². The van der Waals surface area contributed by atoms with Gasteiger partial charge in [0.1, 0.15) is 0 Å². The quantitative estimate of drug-likeness (QED) is 0.826. The fourth-order valence-electron chi connectivity index (χ4n) is 1.59. The highest BCUT2D eigenvalue weighted by molar-refractivity contribution is 6.30. The van der Waals surface area contributed by atoms with Gasteiger partial charge in [-0.15, -0.1) is 0 Å². The first-order valence-corrected chi connectivity index (χ1v) is 5.49. The highest BCUT2D eigenvalue weighted by Gasteiger charge is 2.15. The number of alkyl halides is 2. The smallest absolute Gasteiger partial charge is 0.255 e. The van der Waals surface area contributed by atoms with Crippen LogP contribution in [0.2, 0.25) is 5.02 Å². The van der Waals surface area contributed by atoms with Crippen LogP contribution in [-0.4, -0.2) is 36.3 Å². The van der Waals surface area contributed by atoms with Crippen molar-refractivity contribution in [2.75, 3.05) is 24.6 Å². The highest BCUT2D eigenvalue weighted by atomic mass is 35.5. The van der Waals surface area contributed by atoms with Crippen LogP contribution < -0.4 is 4.90 Å². The maximum atomic E-state index is 12.4. The van der Waals surface area contributed by atoms with Gasteiger partial charge in [-0.3, -0.25) is 0 Å². The van der Waals surface area contributed by atoms with Crippen LogP contribution in [0.5, 0.6) is 0 Å². The fourth-order valence-corrected chi connectivity index (χ4v) is 1.78. The molecule has 0 aromatic heterocycles. The molecule has 3 nitrogen and oxygen atoms in total. The fraction of sp³-hybridized carbons (Fsp3) is 0.455. The Kier molecular flexibility index (Phi) is 5.61. The average Bonchev–Trinajstić information content (AvgIpc) is 2.27. The summed E-state index contributed by atoms with van der Waals surface area (Å²) < 4.78 is 24.8. The molecule has 0 amide bonds. The molecule has 0 saturated heterocycles. The summed E-state index contributed by atoms with van der Waals surface area (Å²) in [5.41, 5.74) is 0.929. The number of aliphatic hydroxyl groups is 2. The molecule has 0 aliphatic heterocycles. The molecular formula is C11H14ClF2NO2. The first-order valence-electron chi connectivity index (χ1n) is 5.11. The van der Waals surface area contributed by atoms with Gasteiger partial charge in [0, 0.05) is 22.8 Å². The van der Waals surface area contributed by atoms with Gasteiger partial charge in [-0.1, -0.05) is 11.6 Å². The van der Waals surface area contributed by atoms with Crippen LogP contribution in [0.25, 0.3) is 0 Å². The van der Waals surface area contributed by atoms with E-state index in [2.05, 4.69) is 0 Å². The van der Waals surface area contributed by atoms with Crippen LogP contribution in [0.3, 0.4) is 0 Å². The zero-order chi connectivity index (χ0) is 12.8. The molecular weight excluding hydrogens is 252 g/mol. The molecule has 6 heteroatoms. The molecule has 2 N–H and O–H groups in total. The molecule has 1 rings (SSSR count). The molecule has 0 heterocycles. The van der Waals surface area contributed by atoms with Crippen molar-refractivity contribution in [3.63, 3.8) is 0 Å². The molecule has 0 aliphatic carbocycles. The monoisotopic (exact) mass is 265 g/mol. The Bertz CT molecular complexity index is 363. The summed E-state index contributed by atoms with van der Waals surface area (Å²) in [6, 6.07) is 4.64. The third-order valence-electron chi connectivity index (χ3n) is 2.28. The van der Waals surface area contributed by atoms with Crippen molar-refractivity contribution >= 4 is 17.3 Å². The predicted octanol–water partition coefficient (Wildman–Crippen LogP) is 1.90. The molecule has 0 saturated carbocycles. The van der Waals surface area contributed by atoms with E-state index >= 15 is 0 Å². The van der Waals surface area contributed by atoms with E-state index in [9.17, 15) is 8.78 Å². The summed E-state index contributed by atoms with van der Waals surface area (Å²) >= 11 is 5.76. The van der Waals surface area contributed by atoms with Crippen LogP contribution >= 0.6 is 11.6 Å². The topological polar surface area (TPSA) is 43.7 Å². The highest BCUT2D eigenvalue weighted by Crippen LogP contribution is 2.25. The number of anilines is 1. The molecule has 0 fully saturated rings. The third-order valence-corrected chi connectivity index (χ3v) is 2.52. The number of nitrogens with zero attached hydrogens (tertiary/aromatic N) is 1. The first kappa shape index (κ1) is 14.2. The van der Waals surface area contributed by atoms with Gasteiger partial charge < -0.3 is 15.1 Å². The molecule has 1 aromatic rings. The lowest BCUT2D eigenvalue weighted by molar-refractivity contribution is 0.152. The summed E-state index contributed by atoms with van der Waals surface area (Å²) in [6.45, 7) is -0.935. The van der Waals surface area contributed by atoms with Crippen LogP contribution in [0.15, 0.2) is 18.2 Å². The predicted molar refractivity (Wildman–Crippen MR) is 62.7 cm³/mol. The van der Waals surface area contributed by atoms with E-state index in [4.69, 9.17) is 21.8 Å². The van der Waals surface area contributed by atoms with Gasteiger partial charge in [-0.05, 0) is 18.2 Å². The van der Waals surface area contributed by atoms with Gasteiger partial charge in [0.15, 0.2) is 0 Å². The van der Waals surface area contributed by atoms with E-state index in [0.29, 0.717) is 16.3 Å². The molecule has 0 radical (unpaired) electrons. The van der Waals surface area contributed by atoms with Crippen molar-refractivity contribution in [3.05, 3.63) is 28.8 Å². The third kappa shape index (κ3) is 4.11. The molecule has 0 atom stereocenters. The minimum absolute atomic E-state index is 0.0823. The summed E-state index contributed by atoms with van der Waals surface area (Å²) in [4.78, 5) is 1.33. The Morgan fingerprint density at radius 3 is 2.53 bits per heavy atom. The van der Waals surface area contributed by atoms with E-state index in [1.54, 1.807) is 12.1 Å². The van der Waals surface area contributed by atoms with Gasteiger partial charge in [0.05, 0.1) is 19.8 Å². The second-order valence-corrected chi connectivity index (χ2v) is 3.93. The average molecular weight is 266 g/mol. The van der Waals surface area contributed by atoms with E-state index in [1.807, 2.05) is 0 Å². The number of rotatable bonds is 6. The van der Waals surface area contributed by atoms with Gasteiger partial charge in [-0.2, -0.15) is 0 Å². The zero-order valence-electron chi connectivity index (χ0n) is 9.11. The Morgan fingerprint density at radius 2 is 2.00 bits per heavy atom. The van der Waals surface area contributed by atoms with E-state index < -0.39 is 13.0 Å². The molecule has 1 aromatic carbocycles. The Balaban J connectivity index is 2.99. The van der Waals surface area contributed by atoms with E-state index in [-0.39, 0.29) is 19.8 Å². The van der Waals surface area contributed by atoms with Gasteiger partial charge in [0.2, 0.25) is 0 Å². The van der Waals surface area contributed by atoms with Crippen molar-refractivity contribution in [1.82, 2.24) is 0 Å². The maximum Gasteiger partial charge on any atom is 0.255 e. The van der Waals surface area contributed by atoms with Crippen molar-refractivity contribution in [2.45, 2.75) is 13.0 Å². The second kappa shape index (κ2) is 6.74. The Labute approximate surface area is 103 Å². The molecule has 17 heavy (non-hydrogen) atoms. The van der Waals surface area contributed by atoms with Gasteiger partial charge >= 0.3 is 0 Å². The van der Waals surface area contributed by atoms with Gasteiger partial charge in [-0.25, -0.2) is 8.78 Å². The molecule has 0 spiro atoms. The van der Waals surface area contributed by atoms with Crippen molar-refractivity contribution in [1.29, 1.82) is 0 Å². The van der Waals surface area contributed by atoms with Crippen LogP contribution in [-0.2, 0) is 6.61 Å². The SMILES string of the molecule is OCCN(CC(F)F)c1ccc(Cl)cc1CO.